The van der Waals surface area contributed by atoms with Crippen LogP contribution in [0.5, 0.6) is 0 Å². The van der Waals surface area contributed by atoms with Gasteiger partial charge in [-0.1, -0.05) is 23.1 Å². The molecular formula is C8H8ClN5S3. The molecule has 0 spiro atoms. The Morgan fingerprint density at radius 3 is 2.59 bits per heavy atom. The van der Waals surface area contributed by atoms with Gasteiger partial charge in [0.15, 0.2) is 8.68 Å². The van der Waals surface area contributed by atoms with Gasteiger partial charge in [0.1, 0.15) is 5.03 Å². The molecule has 0 aromatic carbocycles. The molecule has 0 bridgehead atoms. The molecule has 2 aromatic rings. The highest BCUT2D eigenvalue weighted by Gasteiger charge is 2.12. The lowest BCUT2D eigenvalue weighted by molar-refractivity contribution is 0.951. The van der Waals surface area contributed by atoms with Gasteiger partial charge in [-0.3, -0.25) is 0 Å². The Kier molecular flexibility index (Phi) is 4.08. The maximum Gasteiger partial charge on any atom is 0.223 e. The molecule has 0 atom stereocenters. The highest BCUT2D eigenvalue weighted by atomic mass is 35.5. The Morgan fingerprint density at radius 2 is 1.94 bits per heavy atom. The van der Waals surface area contributed by atoms with E-state index in [1.807, 2.05) is 6.26 Å². The first-order valence-corrected chi connectivity index (χ1v) is 7.68. The second kappa shape index (κ2) is 5.38. The van der Waals surface area contributed by atoms with Crippen molar-refractivity contribution in [3.8, 4) is 0 Å². The van der Waals surface area contributed by atoms with Crippen molar-refractivity contribution in [2.24, 2.45) is 0 Å². The van der Waals surface area contributed by atoms with Crippen LogP contribution in [0.15, 0.2) is 13.7 Å². The number of rotatable bonds is 3. The highest BCUT2D eigenvalue weighted by Crippen LogP contribution is 2.35. The summed E-state index contributed by atoms with van der Waals surface area (Å²) in [6, 6.07) is 0. The van der Waals surface area contributed by atoms with Gasteiger partial charge < -0.3 is 5.73 Å². The van der Waals surface area contributed by atoms with Crippen molar-refractivity contribution in [2.75, 3.05) is 12.0 Å². The van der Waals surface area contributed by atoms with E-state index < -0.39 is 0 Å². The van der Waals surface area contributed by atoms with Gasteiger partial charge in [-0.2, -0.15) is 0 Å². The highest BCUT2D eigenvalue weighted by molar-refractivity contribution is 8.03. The summed E-state index contributed by atoms with van der Waals surface area (Å²) in [5, 5.41) is 8.84. The van der Waals surface area contributed by atoms with Gasteiger partial charge in [0.25, 0.3) is 0 Å². The standard InChI is InChI=1S/C8H8ClN5S3/c1-3-4(10)5(12-6(9)11-3)16-8-14-13-7(15-2)17-8/h10H2,1-2H3. The summed E-state index contributed by atoms with van der Waals surface area (Å²) >= 11 is 10.2. The lowest BCUT2D eigenvalue weighted by Gasteiger charge is -2.04. The summed E-state index contributed by atoms with van der Waals surface area (Å²) in [5.41, 5.74) is 7.08. The van der Waals surface area contributed by atoms with E-state index in [4.69, 9.17) is 17.3 Å². The minimum absolute atomic E-state index is 0.189. The normalized spacial score (nSPS) is 10.8. The number of anilines is 1. The van der Waals surface area contributed by atoms with Crippen LogP contribution in [-0.2, 0) is 0 Å². The van der Waals surface area contributed by atoms with Gasteiger partial charge >= 0.3 is 0 Å². The van der Waals surface area contributed by atoms with E-state index >= 15 is 0 Å². The van der Waals surface area contributed by atoms with Crippen LogP contribution in [0.4, 0.5) is 5.69 Å². The molecule has 90 valence electrons. The third-order valence-corrected chi connectivity index (χ3v) is 4.94. The van der Waals surface area contributed by atoms with Crippen molar-refractivity contribution < 1.29 is 0 Å². The first kappa shape index (κ1) is 12.9. The van der Waals surface area contributed by atoms with Gasteiger partial charge in [0.05, 0.1) is 11.4 Å². The maximum absolute atomic E-state index is 5.89. The van der Waals surface area contributed by atoms with Crippen molar-refractivity contribution in [3.63, 3.8) is 0 Å². The lowest BCUT2D eigenvalue weighted by Crippen LogP contribution is -1.99. The number of nitrogen functional groups attached to an aromatic ring is 1. The quantitative estimate of drug-likeness (QED) is 0.530. The summed E-state index contributed by atoms with van der Waals surface area (Å²) in [6.07, 6.45) is 1.95. The molecule has 0 saturated carbocycles. The predicted molar refractivity (Wildman–Crippen MR) is 72.0 cm³/mol. The zero-order valence-electron chi connectivity index (χ0n) is 8.97. The van der Waals surface area contributed by atoms with Gasteiger partial charge in [0.2, 0.25) is 5.28 Å². The molecule has 0 saturated heterocycles. The smallest absolute Gasteiger partial charge is 0.223 e. The fourth-order valence-corrected chi connectivity index (χ4v) is 3.71. The number of nitrogens with zero attached hydrogens (tertiary/aromatic N) is 4. The number of thioether (sulfide) groups is 1. The number of hydrogen-bond donors (Lipinski definition) is 1. The predicted octanol–water partition coefficient (Wildman–Crippen LogP) is 2.75. The molecule has 17 heavy (non-hydrogen) atoms. The molecule has 2 heterocycles. The lowest BCUT2D eigenvalue weighted by atomic mass is 10.4. The van der Waals surface area contributed by atoms with Gasteiger partial charge in [-0.15, -0.1) is 10.2 Å². The molecule has 5 nitrogen and oxygen atoms in total. The fraction of sp³-hybridized carbons (Fsp3) is 0.250. The number of hydrogen-bond acceptors (Lipinski definition) is 8. The maximum atomic E-state index is 5.89. The van der Waals surface area contributed by atoms with Crippen LogP contribution in [0, 0.1) is 6.92 Å². The SMILES string of the molecule is CSc1nnc(Sc2nc(Cl)nc(C)c2N)s1. The Morgan fingerprint density at radius 1 is 1.24 bits per heavy atom. The Hall–Kier alpha value is -0.570. The van der Waals surface area contributed by atoms with Crippen LogP contribution in [0.1, 0.15) is 5.69 Å². The minimum Gasteiger partial charge on any atom is -0.395 e. The Bertz CT molecular complexity index is 544. The molecule has 0 fully saturated rings. The van der Waals surface area contributed by atoms with Gasteiger partial charge in [-0.05, 0) is 36.5 Å². The summed E-state index contributed by atoms with van der Waals surface area (Å²) in [5.74, 6) is 0. The summed E-state index contributed by atoms with van der Waals surface area (Å²) in [4.78, 5) is 8.06. The van der Waals surface area contributed by atoms with Gasteiger partial charge in [-0.25, -0.2) is 9.97 Å². The van der Waals surface area contributed by atoms with E-state index in [1.165, 1.54) is 23.1 Å². The average Bonchev–Trinajstić information content (AvgIpc) is 2.73. The van der Waals surface area contributed by atoms with E-state index in [0.717, 1.165) is 8.68 Å². The zero-order valence-corrected chi connectivity index (χ0v) is 12.2. The molecular weight excluding hydrogens is 298 g/mol. The van der Waals surface area contributed by atoms with Crippen molar-refractivity contribution in [2.45, 2.75) is 20.6 Å². The zero-order chi connectivity index (χ0) is 12.4. The van der Waals surface area contributed by atoms with Crippen LogP contribution in [0.25, 0.3) is 0 Å². The largest absolute Gasteiger partial charge is 0.395 e. The first-order valence-electron chi connectivity index (χ1n) is 4.45. The average molecular weight is 306 g/mol. The third-order valence-electron chi connectivity index (χ3n) is 1.82. The van der Waals surface area contributed by atoms with E-state index in [1.54, 1.807) is 18.7 Å². The van der Waals surface area contributed by atoms with Gasteiger partial charge in [0, 0.05) is 0 Å². The van der Waals surface area contributed by atoms with E-state index in [-0.39, 0.29) is 5.28 Å². The number of aryl methyl sites for hydroxylation is 1. The van der Waals surface area contributed by atoms with Crippen LogP contribution < -0.4 is 5.73 Å². The Labute approximate surface area is 116 Å². The topological polar surface area (TPSA) is 77.6 Å². The van der Waals surface area contributed by atoms with E-state index in [0.29, 0.717) is 16.4 Å². The minimum atomic E-state index is 0.189. The first-order chi connectivity index (χ1) is 8.10. The summed E-state index contributed by atoms with van der Waals surface area (Å²) in [7, 11) is 0. The molecule has 0 aliphatic rings. The van der Waals surface area contributed by atoms with Crippen molar-refractivity contribution >= 4 is 52.1 Å². The molecule has 2 rings (SSSR count). The molecule has 0 aliphatic heterocycles. The molecule has 2 aromatic heterocycles. The summed E-state index contributed by atoms with van der Waals surface area (Å²) in [6.45, 7) is 1.79. The number of halogens is 1. The van der Waals surface area contributed by atoms with Crippen LogP contribution >= 0.6 is 46.5 Å². The second-order valence-corrected chi connectivity index (χ2v) is 6.54. The molecule has 0 radical (unpaired) electrons. The third kappa shape index (κ3) is 3.01. The summed E-state index contributed by atoms with van der Waals surface area (Å²) < 4.78 is 1.69. The molecule has 0 amide bonds. The van der Waals surface area contributed by atoms with E-state index in [2.05, 4.69) is 20.2 Å². The molecule has 9 heteroatoms. The van der Waals surface area contributed by atoms with Crippen molar-refractivity contribution in [3.05, 3.63) is 11.0 Å². The Balaban J connectivity index is 2.29. The second-order valence-electron chi connectivity index (χ2n) is 2.94. The monoisotopic (exact) mass is 305 g/mol. The molecule has 0 aliphatic carbocycles. The van der Waals surface area contributed by atoms with Crippen LogP contribution in [0.2, 0.25) is 5.28 Å². The van der Waals surface area contributed by atoms with Crippen molar-refractivity contribution in [1.29, 1.82) is 0 Å². The number of aromatic nitrogens is 4. The van der Waals surface area contributed by atoms with Crippen molar-refractivity contribution in [1.82, 2.24) is 20.2 Å². The molecule has 0 unspecified atom stereocenters. The fourth-order valence-electron chi connectivity index (χ4n) is 1.00. The molecule has 2 N–H and O–H groups in total. The van der Waals surface area contributed by atoms with E-state index in [9.17, 15) is 0 Å². The van der Waals surface area contributed by atoms with Crippen LogP contribution in [-0.4, -0.2) is 26.4 Å². The van der Waals surface area contributed by atoms with Crippen LogP contribution in [0.3, 0.4) is 0 Å². The number of nitrogens with two attached hydrogens (primary N) is 1.